The van der Waals surface area contributed by atoms with Crippen LogP contribution in [-0.2, 0) is 10.0 Å². The molecule has 2 aromatic carbocycles. The van der Waals surface area contributed by atoms with E-state index in [0.29, 0.717) is 42.9 Å². The summed E-state index contributed by atoms with van der Waals surface area (Å²) in [4.78, 5) is 31.0. The second-order valence-electron chi connectivity index (χ2n) is 8.12. The van der Waals surface area contributed by atoms with Gasteiger partial charge >= 0.3 is 0 Å². The van der Waals surface area contributed by atoms with Gasteiger partial charge in [0.1, 0.15) is 5.75 Å². The Labute approximate surface area is 204 Å². The molecule has 2 N–H and O–H groups in total. The lowest BCUT2D eigenvalue weighted by atomic mass is 10.0. The van der Waals surface area contributed by atoms with Gasteiger partial charge in [-0.15, -0.1) is 0 Å². The molecule has 35 heavy (non-hydrogen) atoms. The molecule has 0 radical (unpaired) electrons. The minimum Gasteiger partial charge on any atom is -0.495 e. The molecule has 0 unspecified atom stereocenters. The summed E-state index contributed by atoms with van der Waals surface area (Å²) in [6, 6.07) is 16.0. The average Bonchev–Trinajstić information content (AvgIpc) is 2.89. The molecule has 182 valence electrons. The normalized spacial score (nSPS) is 14.3. The predicted octanol–water partition coefficient (Wildman–Crippen LogP) is 2.93. The van der Waals surface area contributed by atoms with Gasteiger partial charge in [0, 0.05) is 37.1 Å². The SMILES string of the molecule is COc1ccccc1NS(=O)(=O)c1cccc(C(=O)N2CCC(NC(=O)c3cccnc3)CC2)c1. The summed E-state index contributed by atoms with van der Waals surface area (Å²) < 4.78 is 33.6. The largest absolute Gasteiger partial charge is 0.495 e. The number of benzene rings is 2. The van der Waals surface area contributed by atoms with Crippen LogP contribution in [0.3, 0.4) is 0 Å². The zero-order valence-corrected chi connectivity index (χ0v) is 20.0. The van der Waals surface area contributed by atoms with Crippen molar-refractivity contribution < 1.29 is 22.7 Å². The van der Waals surface area contributed by atoms with Crippen molar-refractivity contribution in [3.63, 3.8) is 0 Å². The first-order valence-electron chi connectivity index (χ1n) is 11.1. The van der Waals surface area contributed by atoms with E-state index >= 15 is 0 Å². The van der Waals surface area contributed by atoms with Gasteiger partial charge in [0.15, 0.2) is 0 Å². The van der Waals surface area contributed by atoms with E-state index in [0.717, 1.165) is 0 Å². The molecule has 0 atom stereocenters. The maximum Gasteiger partial charge on any atom is 0.262 e. The van der Waals surface area contributed by atoms with Crippen LogP contribution in [0.15, 0.2) is 78.0 Å². The molecule has 4 rings (SSSR count). The van der Waals surface area contributed by atoms with Crippen molar-refractivity contribution in [2.24, 2.45) is 0 Å². The van der Waals surface area contributed by atoms with E-state index in [2.05, 4.69) is 15.0 Å². The fourth-order valence-corrected chi connectivity index (χ4v) is 5.02. The fourth-order valence-electron chi connectivity index (χ4n) is 3.90. The van der Waals surface area contributed by atoms with E-state index in [9.17, 15) is 18.0 Å². The van der Waals surface area contributed by atoms with Gasteiger partial charge in [0.25, 0.3) is 21.8 Å². The number of rotatable bonds is 7. The van der Waals surface area contributed by atoms with Gasteiger partial charge in [-0.3, -0.25) is 19.3 Å². The smallest absolute Gasteiger partial charge is 0.262 e. The van der Waals surface area contributed by atoms with Gasteiger partial charge in [-0.1, -0.05) is 18.2 Å². The molecule has 3 aromatic rings. The number of piperidine rings is 1. The van der Waals surface area contributed by atoms with E-state index in [1.54, 1.807) is 59.6 Å². The Hall–Kier alpha value is -3.92. The molecular formula is C25H26N4O5S. The minimum absolute atomic E-state index is 0.0205. The Bertz CT molecular complexity index is 1310. The zero-order chi connectivity index (χ0) is 24.8. The number of hydrogen-bond acceptors (Lipinski definition) is 6. The van der Waals surface area contributed by atoms with Crippen molar-refractivity contribution in [3.8, 4) is 5.75 Å². The third-order valence-electron chi connectivity index (χ3n) is 5.78. The number of hydrogen-bond donors (Lipinski definition) is 2. The Balaban J connectivity index is 1.40. The average molecular weight is 495 g/mol. The molecule has 0 spiro atoms. The first-order valence-corrected chi connectivity index (χ1v) is 12.6. The van der Waals surface area contributed by atoms with Gasteiger partial charge in [-0.25, -0.2) is 8.42 Å². The number of nitrogens with zero attached hydrogens (tertiary/aromatic N) is 2. The zero-order valence-electron chi connectivity index (χ0n) is 19.2. The van der Waals surface area contributed by atoms with Crippen molar-refractivity contribution in [2.75, 3.05) is 24.9 Å². The monoisotopic (exact) mass is 494 g/mol. The number of anilines is 1. The van der Waals surface area contributed by atoms with Crippen LogP contribution in [0.1, 0.15) is 33.6 Å². The van der Waals surface area contributed by atoms with Crippen LogP contribution in [-0.4, -0.2) is 56.4 Å². The highest BCUT2D eigenvalue weighted by atomic mass is 32.2. The molecule has 9 nitrogen and oxygen atoms in total. The number of nitrogens with one attached hydrogen (secondary N) is 2. The van der Waals surface area contributed by atoms with Crippen molar-refractivity contribution in [1.29, 1.82) is 0 Å². The molecule has 0 saturated carbocycles. The summed E-state index contributed by atoms with van der Waals surface area (Å²) in [5.41, 5.74) is 1.08. The number of sulfonamides is 1. The summed E-state index contributed by atoms with van der Waals surface area (Å²) in [6.45, 7) is 0.903. The molecule has 1 aliphatic rings. The highest BCUT2D eigenvalue weighted by Crippen LogP contribution is 2.26. The van der Waals surface area contributed by atoms with Crippen LogP contribution in [0.25, 0.3) is 0 Å². The van der Waals surface area contributed by atoms with Crippen molar-refractivity contribution in [3.05, 3.63) is 84.2 Å². The number of methoxy groups -OCH3 is 1. The number of likely N-dealkylation sites (tertiary alicyclic amines) is 1. The Morgan fingerprint density at radius 3 is 2.46 bits per heavy atom. The third kappa shape index (κ3) is 5.78. The molecule has 1 aliphatic heterocycles. The van der Waals surface area contributed by atoms with Gasteiger partial charge in [0.2, 0.25) is 0 Å². The molecule has 0 aliphatic carbocycles. The molecular weight excluding hydrogens is 468 g/mol. The molecule has 0 bridgehead atoms. The number of carbonyl (C=O) groups is 2. The van der Waals surface area contributed by atoms with Crippen LogP contribution in [0.5, 0.6) is 5.75 Å². The molecule has 1 saturated heterocycles. The first-order chi connectivity index (χ1) is 16.9. The quantitative estimate of drug-likeness (QED) is 0.522. The van der Waals surface area contributed by atoms with E-state index in [-0.39, 0.29) is 28.3 Å². The van der Waals surface area contributed by atoms with Crippen molar-refractivity contribution >= 4 is 27.5 Å². The lowest BCUT2D eigenvalue weighted by Crippen LogP contribution is -2.46. The fraction of sp³-hybridized carbons (Fsp3) is 0.240. The number of pyridine rings is 1. The predicted molar refractivity (Wildman–Crippen MR) is 131 cm³/mol. The van der Waals surface area contributed by atoms with Crippen LogP contribution in [0, 0.1) is 0 Å². The Morgan fingerprint density at radius 2 is 1.74 bits per heavy atom. The van der Waals surface area contributed by atoms with Crippen molar-refractivity contribution in [1.82, 2.24) is 15.2 Å². The van der Waals surface area contributed by atoms with E-state index < -0.39 is 10.0 Å². The lowest BCUT2D eigenvalue weighted by molar-refractivity contribution is 0.0698. The minimum atomic E-state index is -3.93. The lowest BCUT2D eigenvalue weighted by Gasteiger charge is -2.32. The summed E-state index contributed by atoms with van der Waals surface area (Å²) >= 11 is 0. The van der Waals surface area contributed by atoms with E-state index in [1.807, 2.05) is 0 Å². The summed E-state index contributed by atoms with van der Waals surface area (Å²) in [7, 11) is -2.48. The number of amides is 2. The second kappa shape index (κ2) is 10.6. The number of aromatic nitrogens is 1. The topological polar surface area (TPSA) is 118 Å². The highest BCUT2D eigenvalue weighted by Gasteiger charge is 2.26. The molecule has 1 fully saturated rings. The molecule has 10 heteroatoms. The van der Waals surface area contributed by atoms with Crippen LogP contribution < -0.4 is 14.8 Å². The Kier molecular flexibility index (Phi) is 7.31. The molecule has 2 amide bonds. The standard InChI is InChI=1S/C25H26N4O5S/c1-34-23-10-3-2-9-22(23)28-35(32,33)21-8-4-6-18(16-21)25(31)29-14-11-20(12-15-29)27-24(30)19-7-5-13-26-17-19/h2-10,13,16-17,20,28H,11-12,14-15H2,1H3,(H,27,30). The maximum absolute atomic E-state index is 13.1. The molecule has 1 aromatic heterocycles. The number of para-hydroxylation sites is 2. The summed E-state index contributed by atoms with van der Waals surface area (Å²) in [6.07, 6.45) is 4.32. The summed E-state index contributed by atoms with van der Waals surface area (Å²) in [5.74, 6) is -0.0542. The van der Waals surface area contributed by atoms with Gasteiger partial charge in [-0.05, 0) is 55.3 Å². The third-order valence-corrected chi connectivity index (χ3v) is 7.15. The summed E-state index contributed by atoms with van der Waals surface area (Å²) in [5, 5.41) is 2.98. The highest BCUT2D eigenvalue weighted by molar-refractivity contribution is 7.92. The van der Waals surface area contributed by atoms with Gasteiger partial charge in [-0.2, -0.15) is 0 Å². The second-order valence-corrected chi connectivity index (χ2v) is 9.80. The van der Waals surface area contributed by atoms with Crippen LogP contribution in [0.2, 0.25) is 0 Å². The maximum atomic E-state index is 13.1. The Morgan fingerprint density at radius 1 is 1.00 bits per heavy atom. The van der Waals surface area contributed by atoms with Crippen LogP contribution in [0.4, 0.5) is 5.69 Å². The number of ether oxygens (including phenoxy) is 1. The molecule has 2 heterocycles. The van der Waals surface area contributed by atoms with Gasteiger partial charge < -0.3 is 15.0 Å². The van der Waals surface area contributed by atoms with E-state index in [4.69, 9.17) is 4.74 Å². The first kappa shape index (κ1) is 24.2. The number of carbonyl (C=O) groups excluding carboxylic acids is 2. The van der Waals surface area contributed by atoms with Gasteiger partial charge in [0.05, 0.1) is 23.3 Å². The van der Waals surface area contributed by atoms with Crippen molar-refractivity contribution in [2.45, 2.75) is 23.8 Å². The van der Waals surface area contributed by atoms with E-state index in [1.165, 1.54) is 25.4 Å². The van der Waals surface area contributed by atoms with Crippen LogP contribution >= 0.6 is 0 Å².